The van der Waals surface area contributed by atoms with Gasteiger partial charge in [-0.2, -0.15) is 0 Å². The summed E-state index contributed by atoms with van der Waals surface area (Å²) in [6, 6.07) is 18.5. The molecule has 27 heavy (non-hydrogen) atoms. The third-order valence-electron chi connectivity index (χ3n) is 5.00. The first-order valence-electron chi connectivity index (χ1n) is 8.86. The summed E-state index contributed by atoms with van der Waals surface area (Å²) in [5, 5.41) is 3.32. The van der Waals surface area contributed by atoms with E-state index in [1.54, 1.807) is 0 Å². The molecule has 2 nitrogen and oxygen atoms in total. The van der Waals surface area contributed by atoms with Crippen LogP contribution in [0.1, 0.15) is 16.7 Å². The minimum absolute atomic E-state index is 0.295. The van der Waals surface area contributed by atoms with Crippen molar-refractivity contribution in [2.24, 2.45) is 0 Å². The highest BCUT2D eigenvalue weighted by atomic mass is 31.0. The standard InChI is InChI=1S/C22H21O2P3/c23-22-18(9-19-20(12-27)17(11-26)5-6-21(19)24-22)16-4-3-14-7-13(10-25)1-2-15(14)8-16/h1-9H,10-12,25-27H2. The lowest BCUT2D eigenvalue weighted by Crippen LogP contribution is -2.04. The van der Waals surface area contributed by atoms with Crippen LogP contribution in [0.25, 0.3) is 32.9 Å². The third-order valence-corrected chi connectivity index (χ3v) is 6.32. The smallest absolute Gasteiger partial charge is 0.344 e. The lowest BCUT2D eigenvalue weighted by molar-refractivity contribution is 0.563. The van der Waals surface area contributed by atoms with Crippen LogP contribution < -0.4 is 5.63 Å². The van der Waals surface area contributed by atoms with E-state index >= 15 is 0 Å². The van der Waals surface area contributed by atoms with E-state index in [0.717, 1.165) is 34.8 Å². The van der Waals surface area contributed by atoms with Gasteiger partial charge in [-0.15, -0.1) is 27.7 Å². The monoisotopic (exact) mass is 410 g/mol. The van der Waals surface area contributed by atoms with Gasteiger partial charge in [0.05, 0.1) is 5.56 Å². The van der Waals surface area contributed by atoms with Crippen LogP contribution in [0.15, 0.2) is 63.8 Å². The molecule has 3 unspecified atom stereocenters. The van der Waals surface area contributed by atoms with Gasteiger partial charge in [-0.05, 0) is 69.7 Å². The van der Waals surface area contributed by atoms with E-state index in [-0.39, 0.29) is 5.63 Å². The molecule has 0 N–H and O–H groups in total. The first-order chi connectivity index (χ1) is 13.1. The van der Waals surface area contributed by atoms with E-state index in [1.807, 2.05) is 24.3 Å². The molecular weight excluding hydrogens is 389 g/mol. The van der Waals surface area contributed by atoms with Crippen molar-refractivity contribution in [3.05, 3.63) is 81.7 Å². The summed E-state index contributed by atoms with van der Waals surface area (Å²) in [5.41, 5.74) is 5.60. The molecule has 0 aliphatic carbocycles. The van der Waals surface area contributed by atoms with E-state index in [9.17, 15) is 4.79 Å². The molecule has 0 fully saturated rings. The van der Waals surface area contributed by atoms with Crippen LogP contribution in [-0.4, -0.2) is 0 Å². The molecule has 0 radical (unpaired) electrons. The first-order valence-corrected chi connectivity index (χ1v) is 11.3. The molecule has 0 bridgehead atoms. The second-order valence-electron chi connectivity index (χ2n) is 6.57. The summed E-state index contributed by atoms with van der Waals surface area (Å²) < 4.78 is 5.66. The molecule has 0 saturated heterocycles. The summed E-state index contributed by atoms with van der Waals surface area (Å²) in [6.45, 7) is 0. The minimum atomic E-state index is -0.295. The van der Waals surface area contributed by atoms with Crippen molar-refractivity contribution in [1.82, 2.24) is 0 Å². The molecule has 136 valence electrons. The fraction of sp³-hybridized carbons (Fsp3) is 0.136. The highest BCUT2D eigenvalue weighted by Gasteiger charge is 2.13. The Morgan fingerprint density at radius 3 is 2.30 bits per heavy atom. The van der Waals surface area contributed by atoms with Gasteiger partial charge in [-0.1, -0.05) is 36.4 Å². The minimum Gasteiger partial charge on any atom is -0.422 e. The number of benzene rings is 3. The Kier molecular flexibility index (Phi) is 5.43. The quantitative estimate of drug-likeness (QED) is 0.317. The molecule has 0 spiro atoms. The summed E-state index contributed by atoms with van der Waals surface area (Å²) >= 11 is 0. The molecule has 3 atom stereocenters. The number of hydrogen-bond acceptors (Lipinski definition) is 2. The van der Waals surface area contributed by atoms with Crippen LogP contribution in [0.2, 0.25) is 0 Å². The maximum Gasteiger partial charge on any atom is 0.344 e. The van der Waals surface area contributed by atoms with Crippen molar-refractivity contribution in [3.8, 4) is 11.1 Å². The summed E-state index contributed by atoms with van der Waals surface area (Å²) in [6.07, 6.45) is 2.63. The molecule has 1 aromatic heterocycles. The van der Waals surface area contributed by atoms with Gasteiger partial charge >= 0.3 is 5.63 Å². The van der Waals surface area contributed by atoms with Crippen LogP contribution in [0, 0.1) is 0 Å². The Balaban J connectivity index is 1.93. The van der Waals surface area contributed by atoms with Gasteiger partial charge < -0.3 is 4.42 Å². The van der Waals surface area contributed by atoms with Crippen LogP contribution in [0.4, 0.5) is 0 Å². The molecule has 0 aliphatic rings. The average molecular weight is 410 g/mol. The number of rotatable bonds is 4. The van der Waals surface area contributed by atoms with Gasteiger partial charge in [0.15, 0.2) is 0 Å². The van der Waals surface area contributed by atoms with Gasteiger partial charge in [0.25, 0.3) is 0 Å². The van der Waals surface area contributed by atoms with E-state index < -0.39 is 0 Å². The molecule has 4 rings (SSSR count). The van der Waals surface area contributed by atoms with E-state index in [4.69, 9.17) is 4.42 Å². The normalized spacial score (nSPS) is 11.4. The molecular formula is C22H21O2P3. The highest BCUT2D eigenvalue weighted by molar-refractivity contribution is 7.16. The Bertz CT molecular complexity index is 1210. The number of hydrogen-bond donors (Lipinski definition) is 0. The predicted molar refractivity (Wildman–Crippen MR) is 126 cm³/mol. The second-order valence-corrected chi connectivity index (χ2v) is 7.80. The van der Waals surface area contributed by atoms with E-state index in [1.165, 1.54) is 22.1 Å². The molecule has 0 amide bonds. The van der Waals surface area contributed by atoms with E-state index in [0.29, 0.717) is 11.1 Å². The van der Waals surface area contributed by atoms with Crippen LogP contribution in [-0.2, 0) is 18.5 Å². The van der Waals surface area contributed by atoms with Crippen molar-refractivity contribution in [3.63, 3.8) is 0 Å². The summed E-state index contributed by atoms with van der Waals surface area (Å²) in [7, 11) is 8.31. The summed E-state index contributed by atoms with van der Waals surface area (Å²) in [5.74, 6) is 0. The van der Waals surface area contributed by atoms with Gasteiger partial charge in [0.2, 0.25) is 0 Å². The molecule has 1 heterocycles. The lowest BCUT2D eigenvalue weighted by Gasteiger charge is -2.11. The maximum absolute atomic E-state index is 12.6. The highest BCUT2D eigenvalue weighted by Crippen LogP contribution is 2.30. The van der Waals surface area contributed by atoms with Crippen molar-refractivity contribution < 1.29 is 4.42 Å². The van der Waals surface area contributed by atoms with Crippen molar-refractivity contribution in [1.29, 1.82) is 0 Å². The Labute approximate surface area is 165 Å². The lowest BCUT2D eigenvalue weighted by atomic mass is 9.98. The van der Waals surface area contributed by atoms with Crippen LogP contribution in [0.5, 0.6) is 0 Å². The molecule has 4 aromatic rings. The maximum atomic E-state index is 12.6. The fourth-order valence-corrected chi connectivity index (χ4v) is 4.64. The Hall–Kier alpha value is -1.58. The van der Waals surface area contributed by atoms with Gasteiger partial charge in [0, 0.05) is 5.39 Å². The zero-order valence-electron chi connectivity index (χ0n) is 14.9. The fourth-order valence-electron chi connectivity index (χ4n) is 3.52. The largest absolute Gasteiger partial charge is 0.422 e. The SMILES string of the molecule is O=c1oc2ccc(CP)c(CP)c2cc1-c1ccc2cc(CP)ccc2c1. The van der Waals surface area contributed by atoms with Gasteiger partial charge in [0.1, 0.15) is 5.58 Å². The second kappa shape index (κ2) is 7.81. The summed E-state index contributed by atoms with van der Waals surface area (Å²) in [4.78, 5) is 12.6. The molecule has 0 saturated carbocycles. The predicted octanol–water partition coefficient (Wildman–Crippen LogP) is 5.74. The van der Waals surface area contributed by atoms with Gasteiger partial charge in [-0.3, -0.25) is 0 Å². The van der Waals surface area contributed by atoms with E-state index in [2.05, 4.69) is 58.1 Å². The van der Waals surface area contributed by atoms with Crippen molar-refractivity contribution in [2.45, 2.75) is 18.5 Å². The zero-order chi connectivity index (χ0) is 19.0. The number of fused-ring (bicyclic) bond motifs is 2. The molecule has 0 aliphatic heterocycles. The Morgan fingerprint density at radius 1 is 0.778 bits per heavy atom. The van der Waals surface area contributed by atoms with Crippen LogP contribution in [0.3, 0.4) is 0 Å². The van der Waals surface area contributed by atoms with Crippen molar-refractivity contribution in [2.75, 3.05) is 0 Å². The first kappa shape index (κ1) is 18.8. The van der Waals surface area contributed by atoms with Crippen LogP contribution >= 0.6 is 27.7 Å². The molecule has 3 aromatic carbocycles. The topological polar surface area (TPSA) is 30.2 Å². The zero-order valence-corrected chi connectivity index (χ0v) is 18.3. The average Bonchev–Trinajstić information content (AvgIpc) is 2.71. The van der Waals surface area contributed by atoms with Crippen molar-refractivity contribution >= 4 is 49.5 Å². The van der Waals surface area contributed by atoms with Gasteiger partial charge in [-0.25, -0.2) is 4.79 Å². The third kappa shape index (κ3) is 3.48. The molecule has 5 heteroatoms. The Morgan fingerprint density at radius 2 is 1.56 bits per heavy atom.